The zero-order valence-electron chi connectivity index (χ0n) is 11.8. The molecule has 1 aromatic carbocycles. The van der Waals surface area contributed by atoms with Gasteiger partial charge in [-0.15, -0.1) is 0 Å². The van der Waals surface area contributed by atoms with Crippen LogP contribution >= 0.6 is 0 Å². The first kappa shape index (κ1) is 13.5. The molecular formula is C15H16FN5. The molecule has 3 aromatic rings. The Morgan fingerprint density at radius 3 is 2.71 bits per heavy atom. The average Bonchev–Trinajstić information content (AvgIpc) is 2.93. The first-order valence-electron chi connectivity index (χ1n) is 6.92. The highest BCUT2D eigenvalue weighted by atomic mass is 19.1. The SMILES string of the molecule is CCn1cnc2c(NCCc3ccc(F)cc3)ncnc21. The van der Waals surface area contributed by atoms with Crippen molar-refractivity contribution in [3.05, 3.63) is 48.3 Å². The maximum absolute atomic E-state index is 12.8. The second kappa shape index (κ2) is 5.87. The van der Waals surface area contributed by atoms with E-state index in [1.54, 1.807) is 18.5 Å². The minimum Gasteiger partial charge on any atom is -0.368 e. The third kappa shape index (κ3) is 2.84. The van der Waals surface area contributed by atoms with E-state index in [-0.39, 0.29) is 5.82 Å². The summed E-state index contributed by atoms with van der Waals surface area (Å²) in [4.78, 5) is 12.9. The molecule has 0 amide bonds. The summed E-state index contributed by atoms with van der Waals surface area (Å²) < 4.78 is 14.8. The highest BCUT2D eigenvalue weighted by Crippen LogP contribution is 2.17. The molecule has 6 heteroatoms. The molecule has 0 unspecified atom stereocenters. The van der Waals surface area contributed by atoms with Gasteiger partial charge in [0.2, 0.25) is 0 Å². The number of aromatic nitrogens is 4. The van der Waals surface area contributed by atoms with Gasteiger partial charge in [0.1, 0.15) is 17.7 Å². The number of rotatable bonds is 5. The highest BCUT2D eigenvalue weighted by molar-refractivity contribution is 5.82. The number of hydrogen-bond acceptors (Lipinski definition) is 4. The molecule has 108 valence electrons. The standard InChI is InChI=1S/C15H16FN5/c1-2-21-10-20-13-14(18-9-19-15(13)21)17-8-7-11-3-5-12(16)6-4-11/h3-6,9-10H,2,7-8H2,1H3,(H,17,18,19). The Bertz CT molecular complexity index is 735. The molecular weight excluding hydrogens is 269 g/mol. The Morgan fingerprint density at radius 2 is 1.95 bits per heavy atom. The molecule has 5 nitrogen and oxygen atoms in total. The number of benzene rings is 1. The summed E-state index contributed by atoms with van der Waals surface area (Å²) in [6.45, 7) is 3.57. The molecule has 2 aromatic heterocycles. The Hall–Kier alpha value is -2.50. The fourth-order valence-corrected chi connectivity index (χ4v) is 2.22. The van der Waals surface area contributed by atoms with Crippen molar-refractivity contribution in [2.24, 2.45) is 0 Å². The van der Waals surface area contributed by atoms with Crippen molar-refractivity contribution in [2.75, 3.05) is 11.9 Å². The number of hydrogen-bond donors (Lipinski definition) is 1. The lowest BCUT2D eigenvalue weighted by Gasteiger charge is -2.06. The molecule has 0 aliphatic carbocycles. The van der Waals surface area contributed by atoms with Crippen LogP contribution in [0.5, 0.6) is 0 Å². The Labute approximate surface area is 121 Å². The van der Waals surface area contributed by atoms with Gasteiger partial charge in [-0.3, -0.25) is 0 Å². The fourth-order valence-electron chi connectivity index (χ4n) is 2.22. The van der Waals surface area contributed by atoms with Crippen LogP contribution in [0.3, 0.4) is 0 Å². The molecule has 0 saturated heterocycles. The van der Waals surface area contributed by atoms with E-state index in [0.29, 0.717) is 6.54 Å². The Balaban J connectivity index is 1.70. The van der Waals surface area contributed by atoms with Gasteiger partial charge in [0.25, 0.3) is 0 Å². The van der Waals surface area contributed by atoms with Crippen molar-refractivity contribution < 1.29 is 4.39 Å². The fraction of sp³-hybridized carbons (Fsp3) is 0.267. The maximum atomic E-state index is 12.8. The molecule has 21 heavy (non-hydrogen) atoms. The van der Waals surface area contributed by atoms with Crippen LogP contribution in [0.15, 0.2) is 36.9 Å². The molecule has 2 heterocycles. The summed E-state index contributed by atoms with van der Waals surface area (Å²) in [6, 6.07) is 6.53. The molecule has 0 spiro atoms. The summed E-state index contributed by atoms with van der Waals surface area (Å²) in [5.41, 5.74) is 2.68. The van der Waals surface area contributed by atoms with Crippen molar-refractivity contribution in [3.8, 4) is 0 Å². The second-order valence-corrected chi connectivity index (χ2v) is 4.73. The van der Waals surface area contributed by atoms with Gasteiger partial charge >= 0.3 is 0 Å². The van der Waals surface area contributed by atoms with Crippen LogP contribution in [0.2, 0.25) is 0 Å². The van der Waals surface area contributed by atoms with Crippen molar-refractivity contribution in [1.82, 2.24) is 19.5 Å². The third-order valence-electron chi connectivity index (χ3n) is 3.36. The summed E-state index contributed by atoms with van der Waals surface area (Å²) in [5.74, 6) is 0.517. The zero-order chi connectivity index (χ0) is 14.7. The van der Waals surface area contributed by atoms with Crippen LogP contribution in [0, 0.1) is 5.82 Å². The van der Waals surface area contributed by atoms with Gasteiger partial charge in [-0.1, -0.05) is 12.1 Å². The van der Waals surface area contributed by atoms with Crippen LogP contribution in [0.25, 0.3) is 11.2 Å². The van der Waals surface area contributed by atoms with E-state index >= 15 is 0 Å². The summed E-state index contributed by atoms with van der Waals surface area (Å²) >= 11 is 0. The molecule has 0 atom stereocenters. The summed E-state index contributed by atoms with van der Waals surface area (Å²) in [6.07, 6.45) is 4.10. The van der Waals surface area contributed by atoms with Crippen molar-refractivity contribution in [2.45, 2.75) is 19.9 Å². The van der Waals surface area contributed by atoms with Gasteiger partial charge in [0.05, 0.1) is 6.33 Å². The third-order valence-corrected chi connectivity index (χ3v) is 3.36. The van der Waals surface area contributed by atoms with E-state index < -0.39 is 0 Å². The lowest BCUT2D eigenvalue weighted by Crippen LogP contribution is -2.07. The first-order chi connectivity index (χ1) is 10.3. The molecule has 0 bridgehead atoms. The van der Waals surface area contributed by atoms with Gasteiger partial charge < -0.3 is 9.88 Å². The summed E-state index contributed by atoms with van der Waals surface area (Å²) in [5, 5.41) is 3.27. The first-order valence-corrected chi connectivity index (χ1v) is 6.92. The smallest absolute Gasteiger partial charge is 0.165 e. The quantitative estimate of drug-likeness (QED) is 0.783. The van der Waals surface area contributed by atoms with Crippen LogP contribution in [0.1, 0.15) is 12.5 Å². The van der Waals surface area contributed by atoms with Gasteiger partial charge in [-0.2, -0.15) is 0 Å². The van der Waals surface area contributed by atoms with Gasteiger partial charge in [0, 0.05) is 13.1 Å². The lowest BCUT2D eigenvalue weighted by molar-refractivity contribution is 0.627. The van der Waals surface area contributed by atoms with E-state index in [0.717, 1.165) is 35.5 Å². The zero-order valence-corrected chi connectivity index (χ0v) is 11.8. The largest absolute Gasteiger partial charge is 0.368 e. The topological polar surface area (TPSA) is 55.6 Å². The van der Waals surface area contributed by atoms with E-state index in [2.05, 4.69) is 20.3 Å². The molecule has 1 N–H and O–H groups in total. The molecule has 0 aliphatic heterocycles. The number of imidazole rings is 1. The van der Waals surface area contributed by atoms with Crippen LogP contribution < -0.4 is 5.32 Å². The highest BCUT2D eigenvalue weighted by Gasteiger charge is 2.08. The van der Waals surface area contributed by atoms with Gasteiger partial charge in [-0.05, 0) is 31.0 Å². The predicted octanol–water partition coefficient (Wildman–Crippen LogP) is 2.64. The lowest BCUT2D eigenvalue weighted by atomic mass is 10.1. The summed E-state index contributed by atoms with van der Waals surface area (Å²) in [7, 11) is 0. The number of fused-ring (bicyclic) bond motifs is 1. The van der Waals surface area contributed by atoms with Crippen molar-refractivity contribution in [3.63, 3.8) is 0 Å². The molecule has 0 aliphatic rings. The maximum Gasteiger partial charge on any atom is 0.165 e. The van der Waals surface area contributed by atoms with E-state index in [1.807, 2.05) is 11.5 Å². The number of nitrogens with zero attached hydrogens (tertiary/aromatic N) is 4. The molecule has 0 radical (unpaired) electrons. The minimum atomic E-state index is -0.214. The second-order valence-electron chi connectivity index (χ2n) is 4.73. The van der Waals surface area contributed by atoms with Crippen LogP contribution in [-0.2, 0) is 13.0 Å². The Kier molecular flexibility index (Phi) is 3.77. The molecule has 0 fully saturated rings. The number of nitrogens with one attached hydrogen (secondary N) is 1. The molecule has 0 saturated carbocycles. The van der Waals surface area contributed by atoms with Crippen molar-refractivity contribution in [1.29, 1.82) is 0 Å². The van der Waals surface area contributed by atoms with E-state index in [9.17, 15) is 4.39 Å². The Morgan fingerprint density at radius 1 is 1.14 bits per heavy atom. The average molecular weight is 285 g/mol. The molecule has 3 rings (SSSR count). The predicted molar refractivity (Wildman–Crippen MR) is 79.6 cm³/mol. The van der Waals surface area contributed by atoms with Crippen LogP contribution in [0.4, 0.5) is 10.2 Å². The monoisotopic (exact) mass is 285 g/mol. The van der Waals surface area contributed by atoms with Crippen LogP contribution in [-0.4, -0.2) is 26.1 Å². The van der Waals surface area contributed by atoms with Gasteiger partial charge in [-0.25, -0.2) is 19.3 Å². The number of aryl methyl sites for hydroxylation is 1. The van der Waals surface area contributed by atoms with E-state index in [4.69, 9.17) is 0 Å². The van der Waals surface area contributed by atoms with E-state index in [1.165, 1.54) is 18.5 Å². The van der Waals surface area contributed by atoms with Gasteiger partial charge in [0.15, 0.2) is 11.5 Å². The van der Waals surface area contributed by atoms with Crippen molar-refractivity contribution >= 4 is 17.0 Å². The number of halogens is 1. The normalized spacial score (nSPS) is 11.0. The minimum absolute atomic E-state index is 0.214. The number of anilines is 1.